The number of hydrogen-bond acceptors (Lipinski definition) is 18. The van der Waals surface area contributed by atoms with Crippen molar-refractivity contribution >= 4 is 94.6 Å². The molecule has 1 saturated heterocycles. The molecule has 0 aromatic carbocycles. The average molecular weight is 1450 g/mol. The molecule has 0 bridgehead atoms. The molecule has 0 saturated carbocycles. The highest BCUT2D eigenvalue weighted by molar-refractivity contribution is 6.01. The standard InChI is InChI=1S/C70H122N14O18/c1-13-55(86)71-29-30-72(56(87)14-2)31-32-73(57(88)15-3)33-34-74(58(89)16-4)35-36-75(59(90)17-5)37-38-76(60(91)18-6)39-40-77(61(92)19-7)41-42-78(62(93)20-8)43-44-79(63(94)21-9)45-46-80(64(95)22-10)47-48-81(65(96)23-11)49-50-82(66(97)24-12)51-52-83(53-54-85)67(98)27-28-70(101)102-84-68(99)25-26-69(84)100/h85H,13-54H2,1-12H3,(H,71,86). The number of amides is 15. The predicted molar refractivity (Wildman–Crippen MR) is 379 cm³/mol. The van der Waals surface area contributed by atoms with Crippen molar-refractivity contribution in [3.8, 4) is 0 Å². The predicted octanol–water partition coefficient (Wildman–Crippen LogP) is 1.35. The molecule has 1 rings (SSSR count). The van der Waals surface area contributed by atoms with Crippen LogP contribution in [0.2, 0.25) is 0 Å². The highest BCUT2D eigenvalue weighted by atomic mass is 16.7. The first-order valence-electron chi connectivity index (χ1n) is 36.9. The molecule has 1 heterocycles. The molecule has 0 aromatic heterocycles. The third-order valence-corrected chi connectivity index (χ3v) is 17.7. The van der Waals surface area contributed by atoms with Crippen LogP contribution in [-0.2, 0) is 81.6 Å². The second kappa shape index (κ2) is 51.8. The summed E-state index contributed by atoms with van der Waals surface area (Å²) < 4.78 is 0. The normalized spacial score (nSPS) is 11.7. The van der Waals surface area contributed by atoms with Crippen molar-refractivity contribution < 1.29 is 86.7 Å². The molecule has 0 atom stereocenters. The largest absolute Gasteiger partial charge is 0.395 e. The number of hydrogen-bond donors (Lipinski definition) is 2. The average Bonchev–Trinajstić information content (AvgIpc) is 1.65. The maximum atomic E-state index is 13.6. The first kappa shape index (κ1) is 91.7. The van der Waals surface area contributed by atoms with E-state index in [1.165, 1.54) is 14.7 Å². The SMILES string of the molecule is CCC(=O)NCCN(CCN(CCN(CCN(CCN(CCN(CCN(CCN(CCN(CCN(CCN(CCN(CCO)C(=O)CCC(=O)ON1C(=O)CCC1=O)C(=O)CC)C(=O)CC)C(=O)CC)C(=O)CC)C(=O)CC)C(=O)CC)C(=O)CC)C(=O)CC)C(=O)CC)C(=O)CC)C(=O)CC. The zero-order chi connectivity index (χ0) is 76.9. The van der Waals surface area contributed by atoms with Gasteiger partial charge < -0.3 is 74.1 Å². The highest BCUT2D eigenvalue weighted by Gasteiger charge is 2.34. The molecule has 0 radical (unpaired) electrons. The van der Waals surface area contributed by atoms with Crippen LogP contribution < -0.4 is 5.32 Å². The zero-order valence-electron chi connectivity index (χ0n) is 63.4. The van der Waals surface area contributed by atoms with Crippen molar-refractivity contribution in [1.29, 1.82) is 0 Å². The molecule has 0 unspecified atom stereocenters. The number of carbonyl (C=O) groups excluding carboxylic acids is 16. The number of imide groups is 1. The van der Waals surface area contributed by atoms with Crippen LogP contribution in [0.4, 0.5) is 0 Å². The van der Waals surface area contributed by atoms with Crippen LogP contribution in [-0.4, -0.2) is 334 Å². The summed E-state index contributed by atoms with van der Waals surface area (Å²) in [6.45, 7) is 22.7. The lowest BCUT2D eigenvalue weighted by Gasteiger charge is -2.34. The first-order chi connectivity index (χ1) is 48.7. The van der Waals surface area contributed by atoms with E-state index in [1.54, 1.807) is 127 Å². The number of aliphatic hydroxyl groups is 1. The third kappa shape index (κ3) is 33.6. The Hall–Kier alpha value is -8.32. The molecule has 15 amide bonds. The van der Waals surface area contributed by atoms with E-state index < -0.39 is 36.7 Å². The smallest absolute Gasteiger partial charge is 0.333 e. The Balaban J connectivity index is 3.21. The Labute approximate surface area is 604 Å². The van der Waals surface area contributed by atoms with E-state index >= 15 is 0 Å². The van der Waals surface area contributed by atoms with Crippen LogP contribution in [0.15, 0.2) is 0 Å². The number of carbonyl (C=O) groups is 16. The fourth-order valence-corrected chi connectivity index (χ4v) is 11.2. The van der Waals surface area contributed by atoms with Gasteiger partial charge in [0.25, 0.3) is 11.8 Å². The lowest BCUT2D eigenvalue weighted by Crippen LogP contribution is -2.49. The van der Waals surface area contributed by atoms with Gasteiger partial charge in [-0.25, -0.2) is 4.79 Å². The Morgan fingerprint density at radius 1 is 0.284 bits per heavy atom. The number of hydroxylamine groups is 2. The van der Waals surface area contributed by atoms with Crippen molar-refractivity contribution in [2.45, 2.75) is 186 Å². The lowest BCUT2D eigenvalue weighted by molar-refractivity contribution is -0.197. The summed E-state index contributed by atoms with van der Waals surface area (Å²) >= 11 is 0. The van der Waals surface area contributed by atoms with Gasteiger partial charge >= 0.3 is 5.97 Å². The van der Waals surface area contributed by atoms with E-state index in [0.717, 1.165) is 0 Å². The fourth-order valence-electron chi connectivity index (χ4n) is 11.2. The van der Waals surface area contributed by atoms with E-state index in [-0.39, 0.29) is 324 Å². The highest BCUT2D eigenvalue weighted by Crippen LogP contribution is 2.15. The number of nitrogens with zero attached hydrogens (tertiary/aromatic N) is 13. The van der Waals surface area contributed by atoms with E-state index in [2.05, 4.69) is 5.32 Å². The summed E-state index contributed by atoms with van der Waals surface area (Å²) in [5.41, 5.74) is 0. The minimum atomic E-state index is -0.968. The molecule has 32 nitrogen and oxygen atoms in total. The van der Waals surface area contributed by atoms with Crippen LogP contribution in [0, 0.1) is 0 Å². The monoisotopic (exact) mass is 1450 g/mol. The van der Waals surface area contributed by atoms with Gasteiger partial charge in [-0.2, -0.15) is 0 Å². The van der Waals surface area contributed by atoms with Crippen molar-refractivity contribution in [3.63, 3.8) is 0 Å². The number of rotatable bonds is 54. The summed E-state index contributed by atoms with van der Waals surface area (Å²) in [5, 5.41) is 12.9. The zero-order valence-corrected chi connectivity index (χ0v) is 63.4. The Kier molecular flexibility index (Phi) is 46.5. The minimum absolute atomic E-state index is 0.0100. The quantitative estimate of drug-likeness (QED) is 0.0812. The summed E-state index contributed by atoms with van der Waals surface area (Å²) in [7, 11) is 0. The number of aliphatic hydroxyl groups excluding tert-OH is 1. The number of nitrogens with one attached hydrogen (secondary N) is 1. The van der Waals surface area contributed by atoms with Crippen LogP contribution in [0.3, 0.4) is 0 Å². The first-order valence-corrected chi connectivity index (χ1v) is 36.9. The van der Waals surface area contributed by atoms with E-state index in [4.69, 9.17) is 4.84 Å². The molecule has 1 fully saturated rings. The topological polar surface area (TPSA) is 357 Å². The fraction of sp³-hybridized carbons (Fsp3) is 0.771. The minimum Gasteiger partial charge on any atom is -0.395 e. The van der Waals surface area contributed by atoms with Gasteiger partial charge in [-0.15, -0.1) is 5.06 Å². The lowest BCUT2D eigenvalue weighted by atomic mass is 10.2. The molecule has 32 heteroatoms. The Bertz CT molecular complexity index is 2720. The maximum Gasteiger partial charge on any atom is 0.333 e. The van der Waals surface area contributed by atoms with Gasteiger partial charge in [-0.05, 0) is 0 Å². The molecule has 1 aliphatic heterocycles. The Morgan fingerprint density at radius 3 is 0.647 bits per heavy atom. The van der Waals surface area contributed by atoms with E-state index in [9.17, 15) is 81.8 Å². The van der Waals surface area contributed by atoms with Gasteiger partial charge in [0, 0.05) is 260 Å². The van der Waals surface area contributed by atoms with Gasteiger partial charge in [0.05, 0.1) is 13.0 Å². The van der Waals surface area contributed by atoms with Gasteiger partial charge in [-0.3, -0.25) is 71.9 Å². The summed E-state index contributed by atoms with van der Waals surface area (Å²) in [6.07, 6.45) is 0.844. The van der Waals surface area contributed by atoms with Gasteiger partial charge in [0.15, 0.2) is 0 Å². The van der Waals surface area contributed by atoms with Gasteiger partial charge in [0.1, 0.15) is 0 Å². The van der Waals surface area contributed by atoms with E-state index in [0.29, 0.717) is 11.5 Å². The second-order valence-corrected chi connectivity index (χ2v) is 24.4. The van der Waals surface area contributed by atoms with Crippen molar-refractivity contribution in [2.75, 3.05) is 170 Å². The van der Waals surface area contributed by atoms with Crippen molar-refractivity contribution in [1.82, 2.24) is 69.2 Å². The molecular weight excluding hydrogens is 1320 g/mol. The molecule has 2 N–H and O–H groups in total. The molecule has 1 aliphatic rings. The van der Waals surface area contributed by atoms with Gasteiger partial charge in [0.2, 0.25) is 76.8 Å². The summed E-state index contributed by atoms with van der Waals surface area (Å²) in [5.74, 6) is -5.39. The molecule has 580 valence electrons. The van der Waals surface area contributed by atoms with Crippen LogP contribution >= 0.6 is 0 Å². The molecule has 102 heavy (non-hydrogen) atoms. The molecule has 0 aromatic rings. The molecule has 0 aliphatic carbocycles. The molecular formula is C70H122N14O18. The third-order valence-electron chi connectivity index (χ3n) is 17.7. The van der Waals surface area contributed by atoms with Crippen LogP contribution in [0.1, 0.15) is 186 Å². The Morgan fingerprint density at radius 2 is 0.471 bits per heavy atom. The van der Waals surface area contributed by atoms with Crippen molar-refractivity contribution in [2.24, 2.45) is 0 Å². The second-order valence-electron chi connectivity index (χ2n) is 24.4. The van der Waals surface area contributed by atoms with E-state index in [1.807, 2.05) is 0 Å². The van der Waals surface area contributed by atoms with Crippen LogP contribution in [0.25, 0.3) is 0 Å². The summed E-state index contributed by atoms with van der Waals surface area (Å²) in [4.78, 5) is 233. The van der Waals surface area contributed by atoms with Crippen LogP contribution in [0.5, 0.6) is 0 Å². The molecule has 0 spiro atoms. The van der Waals surface area contributed by atoms with Crippen molar-refractivity contribution in [3.05, 3.63) is 0 Å². The van der Waals surface area contributed by atoms with Gasteiger partial charge in [-0.1, -0.05) is 83.1 Å². The summed E-state index contributed by atoms with van der Waals surface area (Å²) in [6, 6.07) is 0. The maximum absolute atomic E-state index is 13.6.